The topological polar surface area (TPSA) is 46.5 Å². The molecule has 0 aromatic carbocycles. The molecule has 1 saturated heterocycles. The molecule has 1 heterocycles. The van der Waals surface area contributed by atoms with Gasteiger partial charge in [0.15, 0.2) is 0 Å². The van der Waals surface area contributed by atoms with Gasteiger partial charge in [0.2, 0.25) is 0 Å². The number of halogens is 3. The zero-order valence-corrected chi connectivity index (χ0v) is 9.41. The van der Waals surface area contributed by atoms with Gasteiger partial charge in [-0.25, -0.2) is 0 Å². The van der Waals surface area contributed by atoms with Crippen LogP contribution in [-0.4, -0.2) is 30.0 Å². The van der Waals surface area contributed by atoms with Crippen LogP contribution in [0.5, 0.6) is 0 Å². The van der Waals surface area contributed by atoms with Crippen molar-refractivity contribution in [2.75, 3.05) is 6.61 Å². The van der Waals surface area contributed by atoms with E-state index >= 15 is 0 Å². The Bertz CT molecular complexity index is 316. The van der Waals surface area contributed by atoms with Gasteiger partial charge in [-0.15, -0.1) is 0 Å². The second-order valence-electron chi connectivity index (χ2n) is 5.08. The van der Waals surface area contributed by atoms with Crippen molar-refractivity contribution in [2.24, 2.45) is 23.7 Å². The molecule has 17 heavy (non-hydrogen) atoms. The first-order valence-electron chi connectivity index (χ1n) is 5.71. The van der Waals surface area contributed by atoms with Crippen LogP contribution < -0.4 is 0 Å². The van der Waals surface area contributed by atoms with Gasteiger partial charge in [0.1, 0.15) is 0 Å². The molecule has 6 heteroatoms. The van der Waals surface area contributed by atoms with Gasteiger partial charge in [0.25, 0.3) is 0 Å². The third-order valence-electron chi connectivity index (χ3n) is 3.96. The molecule has 2 rings (SSSR count). The molecule has 1 aliphatic carbocycles. The summed E-state index contributed by atoms with van der Waals surface area (Å²) in [6.07, 6.45) is -5.28. The van der Waals surface area contributed by atoms with Crippen LogP contribution >= 0.6 is 0 Å². The average Bonchev–Trinajstić information content (AvgIpc) is 2.58. The Kier molecular flexibility index (Phi) is 3.10. The lowest BCUT2D eigenvalue weighted by Crippen LogP contribution is -2.44. The van der Waals surface area contributed by atoms with Gasteiger partial charge in [-0.2, -0.15) is 13.2 Å². The van der Waals surface area contributed by atoms with E-state index in [2.05, 4.69) is 0 Å². The third-order valence-corrected chi connectivity index (χ3v) is 3.96. The Morgan fingerprint density at radius 1 is 1.35 bits per heavy atom. The van der Waals surface area contributed by atoms with E-state index in [0.29, 0.717) is 6.61 Å². The van der Waals surface area contributed by atoms with Crippen molar-refractivity contribution in [3.63, 3.8) is 0 Å². The van der Waals surface area contributed by atoms with Gasteiger partial charge in [-0.1, -0.05) is 6.92 Å². The lowest BCUT2D eigenvalue weighted by molar-refractivity contribution is -0.201. The van der Waals surface area contributed by atoms with E-state index < -0.39 is 30.1 Å². The first-order chi connectivity index (χ1) is 7.80. The third kappa shape index (κ3) is 2.27. The summed E-state index contributed by atoms with van der Waals surface area (Å²) in [4.78, 5) is 11.1. The highest BCUT2D eigenvalue weighted by Crippen LogP contribution is 2.48. The van der Waals surface area contributed by atoms with Crippen LogP contribution in [0, 0.1) is 23.7 Å². The van der Waals surface area contributed by atoms with E-state index in [4.69, 9.17) is 9.84 Å². The van der Waals surface area contributed by atoms with Crippen molar-refractivity contribution in [3.05, 3.63) is 0 Å². The second-order valence-corrected chi connectivity index (χ2v) is 5.08. The first kappa shape index (κ1) is 12.7. The van der Waals surface area contributed by atoms with Gasteiger partial charge >= 0.3 is 12.1 Å². The second kappa shape index (κ2) is 4.15. The lowest BCUT2D eigenvalue weighted by atomic mass is 9.69. The standard InChI is InChI=1S/C11H15F3O3/c1-5-4-17-8-3-6(11(12,13)14)2-7(9(5)8)10(15)16/h5-9H,2-4H2,1H3,(H,15,16)/t5-,6-,7-,8-,9-/m1/s1. The highest BCUT2D eigenvalue weighted by atomic mass is 19.4. The fourth-order valence-corrected chi connectivity index (χ4v) is 3.12. The van der Waals surface area contributed by atoms with Crippen molar-refractivity contribution >= 4 is 5.97 Å². The summed E-state index contributed by atoms with van der Waals surface area (Å²) in [5.74, 6) is -3.86. The monoisotopic (exact) mass is 252 g/mol. The zero-order chi connectivity index (χ0) is 12.8. The summed E-state index contributed by atoms with van der Waals surface area (Å²) in [5, 5.41) is 9.06. The van der Waals surface area contributed by atoms with Crippen LogP contribution in [0.15, 0.2) is 0 Å². The number of hydrogen-bond donors (Lipinski definition) is 1. The first-order valence-corrected chi connectivity index (χ1v) is 5.71. The van der Waals surface area contributed by atoms with Gasteiger partial charge in [0.05, 0.1) is 17.9 Å². The highest BCUT2D eigenvalue weighted by Gasteiger charge is 2.54. The largest absolute Gasteiger partial charge is 0.481 e. The van der Waals surface area contributed by atoms with Gasteiger partial charge in [-0.3, -0.25) is 4.79 Å². The summed E-state index contributed by atoms with van der Waals surface area (Å²) < 4.78 is 43.4. The number of carboxylic acid groups (broad SMARTS) is 1. The molecule has 2 aliphatic rings. The van der Waals surface area contributed by atoms with Crippen LogP contribution in [0.3, 0.4) is 0 Å². The van der Waals surface area contributed by atoms with E-state index in [9.17, 15) is 18.0 Å². The normalized spacial score (nSPS) is 42.2. The maximum Gasteiger partial charge on any atom is 0.391 e. The summed E-state index contributed by atoms with van der Waals surface area (Å²) in [6, 6.07) is 0. The molecule has 0 spiro atoms. The predicted octanol–water partition coefficient (Wildman–Crippen LogP) is 2.31. The molecule has 0 radical (unpaired) electrons. The Morgan fingerprint density at radius 2 is 2.00 bits per heavy atom. The fourth-order valence-electron chi connectivity index (χ4n) is 3.12. The molecule has 0 bridgehead atoms. The lowest BCUT2D eigenvalue weighted by Gasteiger charge is -2.37. The Hall–Kier alpha value is -0.780. The minimum absolute atomic E-state index is 0.0234. The number of carbonyl (C=O) groups is 1. The number of alkyl halides is 3. The van der Waals surface area contributed by atoms with Crippen LogP contribution in [-0.2, 0) is 9.53 Å². The molecule has 3 nitrogen and oxygen atoms in total. The zero-order valence-electron chi connectivity index (χ0n) is 9.41. The fraction of sp³-hybridized carbons (Fsp3) is 0.909. The van der Waals surface area contributed by atoms with Crippen LogP contribution in [0.1, 0.15) is 19.8 Å². The Morgan fingerprint density at radius 3 is 2.53 bits per heavy atom. The van der Waals surface area contributed by atoms with E-state index in [1.54, 1.807) is 0 Å². The van der Waals surface area contributed by atoms with Gasteiger partial charge < -0.3 is 9.84 Å². The number of aliphatic carboxylic acids is 1. The smallest absolute Gasteiger partial charge is 0.391 e. The molecule has 2 fully saturated rings. The number of carboxylic acids is 1. The predicted molar refractivity (Wildman–Crippen MR) is 52.3 cm³/mol. The molecule has 1 N–H and O–H groups in total. The summed E-state index contributed by atoms with van der Waals surface area (Å²) >= 11 is 0. The van der Waals surface area contributed by atoms with Crippen molar-refractivity contribution in [1.82, 2.24) is 0 Å². The Labute approximate surface area is 96.9 Å². The molecule has 0 amide bonds. The minimum Gasteiger partial charge on any atom is -0.481 e. The van der Waals surface area contributed by atoms with E-state index in [1.165, 1.54) is 0 Å². The van der Waals surface area contributed by atoms with E-state index in [-0.39, 0.29) is 24.7 Å². The average molecular weight is 252 g/mol. The molecule has 1 saturated carbocycles. The minimum atomic E-state index is -4.33. The molecular formula is C11H15F3O3. The SMILES string of the molecule is C[C@@H]1CO[C@@H]2C[C@H](C(F)(F)F)C[C@@H](C(=O)O)[C@@H]12. The van der Waals surface area contributed by atoms with Crippen LogP contribution in [0.2, 0.25) is 0 Å². The van der Waals surface area contributed by atoms with Gasteiger partial charge in [-0.05, 0) is 18.8 Å². The number of rotatable bonds is 1. The summed E-state index contributed by atoms with van der Waals surface area (Å²) in [7, 11) is 0. The number of ether oxygens (including phenoxy) is 1. The maximum atomic E-state index is 12.7. The van der Waals surface area contributed by atoms with Crippen molar-refractivity contribution in [3.8, 4) is 0 Å². The molecule has 98 valence electrons. The number of hydrogen-bond acceptors (Lipinski definition) is 2. The van der Waals surface area contributed by atoms with E-state index in [1.807, 2.05) is 6.92 Å². The summed E-state index contributed by atoms with van der Waals surface area (Å²) in [6.45, 7) is 2.21. The summed E-state index contributed by atoms with van der Waals surface area (Å²) in [5.41, 5.74) is 0. The van der Waals surface area contributed by atoms with Crippen LogP contribution in [0.25, 0.3) is 0 Å². The Balaban J connectivity index is 2.20. The van der Waals surface area contributed by atoms with Crippen molar-refractivity contribution in [2.45, 2.75) is 32.0 Å². The molecule has 0 aromatic heterocycles. The highest BCUT2D eigenvalue weighted by molar-refractivity contribution is 5.70. The molecular weight excluding hydrogens is 237 g/mol. The van der Waals surface area contributed by atoms with Gasteiger partial charge in [0, 0.05) is 12.5 Å². The maximum absolute atomic E-state index is 12.7. The molecule has 1 aliphatic heterocycles. The van der Waals surface area contributed by atoms with Crippen molar-refractivity contribution in [1.29, 1.82) is 0 Å². The quantitative estimate of drug-likeness (QED) is 0.779. The molecule has 5 atom stereocenters. The molecule has 0 aromatic rings. The number of fused-ring (bicyclic) bond motifs is 1. The van der Waals surface area contributed by atoms with Crippen molar-refractivity contribution < 1.29 is 27.8 Å². The van der Waals surface area contributed by atoms with E-state index in [0.717, 1.165) is 0 Å². The molecule has 0 unspecified atom stereocenters. The van der Waals surface area contributed by atoms with Crippen LogP contribution in [0.4, 0.5) is 13.2 Å².